The molecular formula is C14H20ClNO. The van der Waals surface area contributed by atoms with Gasteiger partial charge in [0.2, 0.25) is 0 Å². The first-order chi connectivity index (χ1) is 8.08. The highest BCUT2D eigenvalue weighted by Crippen LogP contribution is 2.28. The molecule has 0 radical (unpaired) electrons. The first-order valence-corrected chi connectivity index (χ1v) is 6.63. The first kappa shape index (κ1) is 12.7. The molecule has 0 aromatic heterocycles. The Morgan fingerprint density at radius 3 is 2.47 bits per heavy atom. The quantitative estimate of drug-likeness (QED) is 0.873. The van der Waals surface area contributed by atoms with Gasteiger partial charge in [-0.15, -0.1) is 0 Å². The number of benzene rings is 1. The number of anilines is 1. The van der Waals surface area contributed by atoms with Crippen LogP contribution in [0.3, 0.4) is 0 Å². The molecule has 1 aromatic rings. The van der Waals surface area contributed by atoms with Gasteiger partial charge in [-0.25, -0.2) is 0 Å². The van der Waals surface area contributed by atoms with Crippen LogP contribution in [0.25, 0.3) is 0 Å². The molecule has 0 unspecified atom stereocenters. The second-order valence-electron chi connectivity index (χ2n) is 5.01. The number of hydrogen-bond donors (Lipinski definition) is 1. The van der Waals surface area contributed by atoms with Crippen molar-refractivity contribution in [2.24, 2.45) is 0 Å². The van der Waals surface area contributed by atoms with Crippen LogP contribution in [0.5, 0.6) is 0 Å². The third-order valence-electron chi connectivity index (χ3n) is 3.78. The molecule has 2 nitrogen and oxygen atoms in total. The van der Waals surface area contributed by atoms with Gasteiger partial charge in [0.15, 0.2) is 0 Å². The van der Waals surface area contributed by atoms with Gasteiger partial charge in [-0.2, -0.15) is 0 Å². The number of rotatable bonds is 2. The summed E-state index contributed by atoms with van der Waals surface area (Å²) in [6.07, 6.45) is 3.84. The van der Waals surface area contributed by atoms with Gasteiger partial charge >= 0.3 is 0 Å². The van der Waals surface area contributed by atoms with E-state index in [0.29, 0.717) is 6.04 Å². The lowest BCUT2D eigenvalue weighted by atomic mass is 9.92. The Kier molecular flexibility index (Phi) is 3.95. The summed E-state index contributed by atoms with van der Waals surface area (Å²) in [5, 5.41) is 10.3. The van der Waals surface area contributed by atoms with E-state index in [2.05, 4.69) is 24.1 Å². The van der Waals surface area contributed by atoms with E-state index in [-0.39, 0.29) is 6.10 Å². The molecule has 3 heteroatoms. The molecule has 1 aromatic carbocycles. The fourth-order valence-corrected chi connectivity index (χ4v) is 2.63. The van der Waals surface area contributed by atoms with E-state index in [1.165, 1.54) is 5.69 Å². The zero-order valence-electron chi connectivity index (χ0n) is 10.5. The highest BCUT2D eigenvalue weighted by Gasteiger charge is 2.22. The van der Waals surface area contributed by atoms with Crippen LogP contribution >= 0.6 is 11.6 Å². The highest BCUT2D eigenvalue weighted by atomic mass is 35.5. The second-order valence-corrected chi connectivity index (χ2v) is 5.41. The summed E-state index contributed by atoms with van der Waals surface area (Å²) in [6.45, 7) is 2.02. The molecule has 1 aliphatic carbocycles. The molecule has 0 amide bonds. The van der Waals surface area contributed by atoms with Gasteiger partial charge in [-0.1, -0.05) is 17.7 Å². The molecule has 1 fully saturated rings. The van der Waals surface area contributed by atoms with E-state index >= 15 is 0 Å². The Balaban J connectivity index is 2.08. The average Bonchev–Trinajstić information content (AvgIpc) is 2.33. The molecule has 0 saturated heterocycles. The zero-order chi connectivity index (χ0) is 12.4. The maximum Gasteiger partial charge on any atom is 0.0541 e. The standard InChI is InChI=1S/C14H20ClNO/c1-10-3-4-12(9-14(10)15)16(2)11-5-7-13(17)8-6-11/h3-4,9,11,13,17H,5-8H2,1-2H3. The molecular weight excluding hydrogens is 234 g/mol. The van der Waals surface area contributed by atoms with E-state index in [0.717, 1.165) is 36.3 Å². The Hall–Kier alpha value is -0.730. The summed E-state index contributed by atoms with van der Waals surface area (Å²) in [5.41, 5.74) is 2.28. The monoisotopic (exact) mass is 253 g/mol. The van der Waals surface area contributed by atoms with Crippen LogP contribution in [-0.4, -0.2) is 24.3 Å². The van der Waals surface area contributed by atoms with Crippen molar-refractivity contribution < 1.29 is 5.11 Å². The largest absolute Gasteiger partial charge is 0.393 e. The Morgan fingerprint density at radius 1 is 1.24 bits per heavy atom. The predicted molar refractivity (Wildman–Crippen MR) is 72.9 cm³/mol. The topological polar surface area (TPSA) is 23.5 Å². The molecule has 0 heterocycles. The summed E-state index contributed by atoms with van der Waals surface area (Å²) in [6, 6.07) is 6.73. The van der Waals surface area contributed by atoms with Crippen LogP contribution in [-0.2, 0) is 0 Å². The molecule has 0 bridgehead atoms. The number of aryl methyl sites for hydroxylation is 1. The van der Waals surface area contributed by atoms with Crippen molar-refractivity contribution in [3.63, 3.8) is 0 Å². The number of aliphatic hydroxyl groups is 1. The van der Waals surface area contributed by atoms with Gasteiger partial charge in [0, 0.05) is 23.8 Å². The van der Waals surface area contributed by atoms with Crippen LogP contribution in [0.1, 0.15) is 31.2 Å². The Bertz CT molecular complexity index is 386. The van der Waals surface area contributed by atoms with Crippen LogP contribution in [0.4, 0.5) is 5.69 Å². The van der Waals surface area contributed by atoms with Crippen LogP contribution in [0.2, 0.25) is 5.02 Å². The van der Waals surface area contributed by atoms with Crippen LogP contribution in [0.15, 0.2) is 18.2 Å². The van der Waals surface area contributed by atoms with Crippen molar-refractivity contribution in [1.82, 2.24) is 0 Å². The highest BCUT2D eigenvalue weighted by molar-refractivity contribution is 6.31. The summed E-state index contributed by atoms with van der Waals surface area (Å²) in [4.78, 5) is 2.29. The molecule has 1 N–H and O–H groups in total. The van der Waals surface area contributed by atoms with E-state index in [1.54, 1.807) is 0 Å². The van der Waals surface area contributed by atoms with Gasteiger partial charge in [0.25, 0.3) is 0 Å². The SMILES string of the molecule is Cc1ccc(N(C)C2CCC(O)CC2)cc1Cl. The van der Waals surface area contributed by atoms with Crippen molar-refractivity contribution in [1.29, 1.82) is 0 Å². The average molecular weight is 254 g/mol. The minimum absolute atomic E-state index is 0.0961. The van der Waals surface area contributed by atoms with Crippen molar-refractivity contribution in [3.8, 4) is 0 Å². The lowest BCUT2D eigenvalue weighted by molar-refractivity contribution is 0.122. The molecule has 0 atom stereocenters. The minimum Gasteiger partial charge on any atom is -0.393 e. The maximum atomic E-state index is 9.52. The summed E-state index contributed by atoms with van der Waals surface area (Å²) >= 11 is 6.15. The lowest BCUT2D eigenvalue weighted by Gasteiger charge is -2.34. The van der Waals surface area contributed by atoms with Gasteiger partial charge in [0.1, 0.15) is 0 Å². The fourth-order valence-electron chi connectivity index (χ4n) is 2.46. The third kappa shape index (κ3) is 2.93. The molecule has 17 heavy (non-hydrogen) atoms. The van der Waals surface area contributed by atoms with Crippen LogP contribution < -0.4 is 4.90 Å². The number of halogens is 1. The van der Waals surface area contributed by atoms with Gasteiger partial charge in [-0.05, 0) is 50.3 Å². The number of hydrogen-bond acceptors (Lipinski definition) is 2. The van der Waals surface area contributed by atoms with E-state index in [9.17, 15) is 5.11 Å². The first-order valence-electron chi connectivity index (χ1n) is 6.25. The van der Waals surface area contributed by atoms with Crippen molar-refractivity contribution in [2.75, 3.05) is 11.9 Å². The Labute approximate surface area is 108 Å². The molecule has 0 aliphatic heterocycles. The minimum atomic E-state index is -0.0961. The summed E-state index contributed by atoms with van der Waals surface area (Å²) in [5.74, 6) is 0. The zero-order valence-corrected chi connectivity index (χ0v) is 11.2. The third-order valence-corrected chi connectivity index (χ3v) is 4.18. The predicted octanol–water partition coefficient (Wildman–Crippen LogP) is 3.39. The maximum absolute atomic E-state index is 9.52. The smallest absolute Gasteiger partial charge is 0.0541 e. The number of aliphatic hydroxyl groups excluding tert-OH is 1. The van der Waals surface area contributed by atoms with Gasteiger partial charge < -0.3 is 10.0 Å². The Morgan fingerprint density at radius 2 is 1.88 bits per heavy atom. The summed E-state index contributed by atoms with van der Waals surface area (Å²) in [7, 11) is 2.11. The van der Waals surface area contributed by atoms with Crippen molar-refractivity contribution >= 4 is 17.3 Å². The van der Waals surface area contributed by atoms with E-state index in [4.69, 9.17) is 11.6 Å². The normalized spacial score (nSPS) is 24.7. The van der Waals surface area contributed by atoms with Gasteiger partial charge in [-0.3, -0.25) is 0 Å². The molecule has 0 spiro atoms. The molecule has 1 aliphatic rings. The van der Waals surface area contributed by atoms with Crippen LogP contribution in [0, 0.1) is 6.92 Å². The van der Waals surface area contributed by atoms with Crippen molar-refractivity contribution in [2.45, 2.75) is 44.8 Å². The van der Waals surface area contributed by atoms with Crippen molar-refractivity contribution in [3.05, 3.63) is 28.8 Å². The van der Waals surface area contributed by atoms with E-state index < -0.39 is 0 Å². The molecule has 2 rings (SSSR count). The van der Waals surface area contributed by atoms with Gasteiger partial charge in [0.05, 0.1) is 6.10 Å². The molecule has 1 saturated carbocycles. The number of nitrogens with zero attached hydrogens (tertiary/aromatic N) is 1. The fraction of sp³-hybridized carbons (Fsp3) is 0.571. The second kappa shape index (κ2) is 5.28. The summed E-state index contributed by atoms with van der Waals surface area (Å²) < 4.78 is 0. The molecule has 94 valence electrons. The lowest BCUT2D eigenvalue weighted by Crippen LogP contribution is -2.36. The van der Waals surface area contributed by atoms with E-state index in [1.807, 2.05) is 13.0 Å².